The maximum absolute atomic E-state index is 12.0. The fourth-order valence-corrected chi connectivity index (χ4v) is 1.82. The monoisotopic (exact) mass is 217 g/mol. The zero-order valence-corrected chi connectivity index (χ0v) is 9.47. The number of aryl methyl sites for hydroxylation is 1. The predicted octanol–water partition coefficient (Wildman–Crippen LogP) is 1.22. The average Bonchev–Trinajstić information content (AvgIpc) is 2.30. The van der Waals surface area contributed by atoms with E-state index in [2.05, 4.69) is 4.98 Å². The van der Waals surface area contributed by atoms with Gasteiger partial charge in [0.15, 0.2) is 0 Å². The number of nitrogens with two attached hydrogens (primary N) is 1. The molecule has 0 saturated carbocycles. The summed E-state index contributed by atoms with van der Waals surface area (Å²) in [4.78, 5) is 16.3. The Labute approximate surface area is 93.7 Å². The van der Waals surface area contributed by atoms with Gasteiger partial charge in [0, 0.05) is 12.6 Å². The topological polar surface area (TPSA) is 60.9 Å². The van der Waals surface area contributed by atoms with Gasteiger partial charge in [-0.25, -0.2) is 4.98 Å². The normalized spacial score (nSPS) is 12.9. The van der Waals surface area contributed by atoms with E-state index >= 15 is 0 Å². The first kappa shape index (κ1) is 10.8. The molecule has 2 N–H and O–H groups in total. The Bertz CT molecular complexity index is 574. The van der Waals surface area contributed by atoms with Crippen LogP contribution in [0.5, 0.6) is 0 Å². The lowest BCUT2D eigenvalue weighted by molar-refractivity contribution is 0.554. The maximum Gasteiger partial charge on any atom is 0.272 e. The highest BCUT2D eigenvalue weighted by molar-refractivity contribution is 5.74. The van der Waals surface area contributed by atoms with E-state index in [0.717, 1.165) is 11.0 Å². The highest BCUT2D eigenvalue weighted by atomic mass is 16.1. The Balaban J connectivity index is 2.87. The standard InChI is InChI=1S/C12H15N3O/c1-8(7-13)15-11-6-4-3-5-10(11)14-9(2)12(15)16/h3-6,8H,7,13H2,1-2H3. The minimum atomic E-state index is -0.0587. The van der Waals surface area contributed by atoms with Crippen LogP contribution in [0.3, 0.4) is 0 Å². The molecular formula is C12H15N3O. The van der Waals surface area contributed by atoms with Crippen LogP contribution in [0.15, 0.2) is 29.1 Å². The summed E-state index contributed by atoms with van der Waals surface area (Å²) in [5.41, 5.74) is 7.77. The number of nitrogens with zero attached hydrogens (tertiary/aromatic N) is 2. The Morgan fingerprint density at radius 1 is 1.44 bits per heavy atom. The van der Waals surface area contributed by atoms with Gasteiger partial charge in [-0.05, 0) is 26.0 Å². The molecule has 1 heterocycles. The molecule has 4 nitrogen and oxygen atoms in total. The van der Waals surface area contributed by atoms with Crippen molar-refractivity contribution in [2.45, 2.75) is 19.9 Å². The third-order valence-corrected chi connectivity index (χ3v) is 2.74. The van der Waals surface area contributed by atoms with E-state index in [0.29, 0.717) is 12.2 Å². The van der Waals surface area contributed by atoms with Crippen LogP contribution in [0.1, 0.15) is 18.7 Å². The predicted molar refractivity (Wildman–Crippen MR) is 64.5 cm³/mol. The molecule has 0 aliphatic carbocycles. The molecule has 2 rings (SSSR count). The smallest absolute Gasteiger partial charge is 0.272 e. The van der Waals surface area contributed by atoms with Crippen LogP contribution in [-0.4, -0.2) is 16.1 Å². The molecule has 16 heavy (non-hydrogen) atoms. The summed E-state index contributed by atoms with van der Waals surface area (Å²) in [5.74, 6) is 0. The average molecular weight is 217 g/mol. The van der Waals surface area contributed by atoms with E-state index < -0.39 is 0 Å². The Kier molecular flexibility index (Phi) is 2.75. The van der Waals surface area contributed by atoms with Crippen molar-refractivity contribution >= 4 is 11.0 Å². The van der Waals surface area contributed by atoms with Crippen molar-refractivity contribution in [3.8, 4) is 0 Å². The van der Waals surface area contributed by atoms with Crippen molar-refractivity contribution in [1.29, 1.82) is 0 Å². The second-order valence-corrected chi connectivity index (χ2v) is 3.95. The third kappa shape index (κ3) is 1.61. The molecule has 84 valence electrons. The lowest BCUT2D eigenvalue weighted by atomic mass is 10.2. The van der Waals surface area contributed by atoms with Gasteiger partial charge in [0.1, 0.15) is 5.69 Å². The van der Waals surface area contributed by atoms with Crippen molar-refractivity contribution in [2.75, 3.05) is 6.54 Å². The van der Waals surface area contributed by atoms with Gasteiger partial charge in [0.05, 0.1) is 11.0 Å². The minimum absolute atomic E-state index is 0.0147. The van der Waals surface area contributed by atoms with E-state index in [4.69, 9.17) is 5.73 Å². The molecule has 0 fully saturated rings. The van der Waals surface area contributed by atoms with Crippen molar-refractivity contribution in [3.63, 3.8) is 0 Å². The molecular weight excluding hydrogens is 202 g/mol. The molecule has 4 heteroatoms. The van der Waals surface area contributed by atoms with E-state index in [9.17, 15) is 4.79 Å². The number of rotatable bonds is 2. The van der Waals surface area contributed by atoms with E-state index in [1.54, 1.807) is 11.5 Å². The van der Waals surface area contributed by atoms with Gasteiger partial charge in [-0.1, -0.05) is 12.1 Å². The first-order valence-electron chi connectivity index (χ1n) is 5.33. The lowest BCUT2D eigenvalue weighted by Gasteiger charge is -2.16. The van der Waals surface area contributed by atoms with Crippen molar-refractivity contribution in [2.24, 2.45) is 5.73 Å². The van der Waals surface area contributed by atoms with Gasteiger partial charge in [-0.2, -0.15) is 0 Å². The first-order valence-corrected chi connectivity index (χ1v) is 5.33. The Morgan fingerprint density at radius 2 is 2.12 bits per heavy atom. The summed E-state index contributed by atoms with van der Waals surface area (Å²) in [6, 6.07) is 7.60. The fraction of sp³-hybridized carbons (Fsp3) is 0.333. The molecule has 2 aromatic rings. The summed E-state index contributed by atoms with van der Waals surface area (Å²) in [6.07, 6.45) is 0. The van der Waals surface area contributed by atoms with Crippen molar-refractivity contribution < 1.29 is 0 Å². The van der Waals surface area contributed by atoms with Crippen LogP contribution >= 0.6 is 0 Å². The number of hydrogen-bond acceptors (Lipinski definition) is 3. The lowest BCUT2D eigenvalue weighted by Crippen LogP contribution is -2.30. The zero-order chi connectivity index (χ0) is 11.7. The van der Waals surface area contributed by atoms with Crippen LogP contribution in [0.4, 0.5) is 0 Å². The summed E-state index contributed by atoms with van der Waals surface area (Å²) in [6.45, 7) is 4.11. The Hall–Kier alpha value is -1.68. The second kappa shape index (κ2) is 4.06. The van der Waals surface area contributed by atoms with Crippen LogP contribution in [0, 0.1) is 6.92 Å². The SMILES string of the molecule is Cc1nc2ccccc2n(C(C)CN)c1=O. The van der Waals surface area contributed by atoms with Gasteiger partial charge in [0.25, 0.3) is 5.56 Å². The first-order chi connectivity index (χ1) is 7.65. The zero-order valence-electron chi connectivity index (χ0n) is 9.47. The van der Waals surface area contributed by atoms with Gasteiger partial charge in [0.2, 0.25) is 0 Å². The minimum Gasteiger partial charge on any atom is -0.328 e. The number of para-hydroxylation sites is 2. The molecule has 1 unspecified atom stereocenters. The maximum atomic E-state index is 12.0. The van der Waals surface area contributed by atoms with Gasteiger partial charge in [-0.15, -0.1) is 0 Å². The van der Waals surface area contributed by atoms with Gasteiger partial charge < -0.3 is 10.3 Å². The number of hydrogen-bond donors (Lipinski definition) is 1. The highest BCUT2D eigenvalue weighted by Crippen LogP contribution is 2.13. The molecule has 1 atom stereocenters. The van der Waals surface area contributed by atoms with Crippen molar-refractivity contribution in [3.05, 3.63) is 40.3 Å². The summed E-state index contributed by atoms with van der Waals surface area (Å²) >= 11 is 0. The summed E-state index contributed by atoms with van der Waals surface area (Å²) in [5, 5.41) is 0. The molecule has 0 radical (unpaired) electrons. The number of benzene rings is 1. The van der Waals surface area contributed by atoms with Crippen molar-refractivity contribution in [1.82, 2.24) is 9.55 Å². The second-order valence-electron chi connectivity index (χ2n) is 3.95. The van der Waals surface area contributed by atoms with E-state index in [-0.39, 0.29) is 11.6 Å². The number of fused-ring (bicyclic) bond motifs is 1. The molecule has 1 aromatic heterocycles. The molecule has 0 bridgehead atoms. The van der Waals surface area contributed by atoms with Gasteiger partial charge in [-0.3, -0.25) is 4.79 Å². The largest absolute Gasteiger partial charge is 0.328 e. The van der Waals surface area contributed by atoms with E-state index in [1.165, 1.54) is 0 Å². The molecule has 1 aromatic carbocycles. The number of aromatic nitrogens is 2. The highest BCUT2D eigenvalue weighted by Gasteiger charge is 2.11. The molecule has 0 aliphatic rings. The van der Waals surface area contributed by atoms with Crippen LogP contribution in [-0.2, 0) is 0 Å². The van der Waals surface area contributed by atoms with Gasteiger partial charge >= 0.3 is 0 Å². The molecule has 0 amide bonds. The fourth-order valence-electron chi connectivity index (χ4n) is 1.82. The molecule has 0 spiro atoms. The summed E-state index contributed by atoms with van der Waals surface area (Å²) < 4.78 is 1.72. The molecule has 0 aliphatic heterocycles. The quantitative estimate of drug-likeness (QED) is 0.822. The van der Waals surface area contributed by atoms with E-state index in [1.807, 2.05) is 31.2 Å². The molecule has 0 saturated heterocycles. The van der Waals surface area contributed by atoms with Crippen LogP contribution < -0.4 is 11.3 Å². The van der Waals surface area contributed by atoms with Crippen LogP contribution in [0.2, 0.25) is 0 Å². The van der Waals surface area contributed by atoms with Crippen LogP contribution in [0.25, 0.3) is 11.0 Å². The Morgan fingerprint density at radius 3 is 2.81 bits per heavy atom. The third-order valence-electron chi connectivity index (χ3n) is 2.74. The summed E-state index contributed by atoms with van der Waals surface area (Å²) in [7, 11) is 0.